The van der Waals surface area contributed by atoms with Gasteiger partial charge in [0.2, 0.25) is 0 Å². The molecule has 0 atom stereocenters. The van der Waals surface area contributed by atoms with Gasteiger partial charge in [-0.3, -0.25) is 0 Å². The minimum Gasteiger partial charge on any atom is -0.480 e. The molecule has 0 fully saturated rings. The van der Waals surface area contributed by atoms with Crippen molar-refractivity contribution in [2.75, 3.05) is 18.6 Å². The molecule has 0 aliphatic rings. The van der Waals surface area contributed by atoms with Gasteiger partial charge >= 0.3 is 5.97 Å². The number of ether oxygens (including phenoxy) is 1. The number of rotatable bonds is 5. The van der Waals surface area contributed by atoms with Gasteiger partial charge in [0.1, 0.15) is 5.75 Å². The molecule has 0 aliphatic carbocycles. The zero-order valence-electron chi connectivity index (χ0n) is 12.1. The number of sulfone groups is 1. The molecule has 0 heterocycles. The Bertz CT molecular complexity index is 847. The van der Waals surface area contributed by atoms with Crippen LogP contribution in [-0.4, -0.2) is 32.4 Å². The summed E-state index contributed by atoms with van der Waals surface area (Å²) in [5.74, 6) is -0.933. The van der Waals surface area contributed by atoms with E-state index in [1.54, 1.807) is 12.1 Å². The van der Waals surface area contributed by atoms with E-state index in [0.717, 1.165) is 6.26 Å². The van der Waals surface area contributed by atoms with Crippen LogP contribution in [0.3, 0.4) is 0 Å². The van der Waals surface area contributed by atoms with Gasteiger partial charge in [-0.15, -0.1) is 0 Å². The Morgan fingerprint density at radius 3 is 2.35 bits per heavy atom. The number of aliphatic carboxylic acids is 1. The summed E-state index contributed by atoms with van der Waals surface area (Å²) in [6.45, 7) is -0.529. The molecule has 2 rings (SSSR count). The van der Waals surface area contributed by atoms with E-state index in [1.807, 2.05) is 0 Å². The highest BCUT2D eigenvalue weighted by Crippen LogP contribution is 2.39. The first-order valence-corrected chi connectivity index (χ1v) is 8.70. The highest BCUT2D eigenvalue weighted by molar-refractivity contribution is 7.90. The number of nitrogen functional groups attached to an aromatic ring is 1. The maximum absolute atomic E-state index is 11.5. The summed E-state index contributed by atoms with van der Waals surface area (Å²) in [5.41, 5.74) is 7.24. The molecular formula is C15H14ClNO5S. The van der Waals surface area contributed by atoms with Gasteiger partial charge in [-0.1, -0.05) is 23.7 Å². The first-order valence-electron chi connectivity index (χ1n) is 6.43. The topological polar surface area (TPSA) is 107 Å². The number of hydrogen-bond donors (Lipinski definition) is 2. The molecule has 2 aromatic rings. The molecule has 0 saturated carbocycles. The second kappa shape index (κ2) is 6.47. The molecule has 6 nitrogen and oxygen atoms in total. The first kappa shape index (κ1) is 17.1. The molecule has 0 aliphatic heterocycles. The van der Waals surface area contributed by atoms with E-state index in [2.05, 4.69) is 0 Å². The molecule has 23 heavy (non-hydrogen) atoms. The van der Waals surface area contributed by atoms with E-state index in [-0.39, 0.29) is 16.3 Å². The third-order valence-electron chi connectivity index (χ3n) is 3.08. The van der Waals surface area contributed by atoms with Crippen LogP contribution in [-0.2, 0) is 14.6 Å². The van der Waals surface area contributed by atoms with Crippen LogP contribution in [0.25, 0.3) is 11.1 Å². The van der Waals surface area contributed by atoms with E-state index >= 15 is 0 Å². The maximum Gasteiger partial charge on any atom is 0.341 e. The Labute approximate surface area is 138 Å². The number of benzene rings is 2. The highest BCUT2D eigenvalue weighted by Gasteiger charge is 2.15. The number of carboxylic acids is 1. The molecule has 0 unspecified atom stereocenters. The molecule has 0 saturated heterocycles. The van der Waals surface area contributed by atoms with Gasteiger partial charge in [-0.2, -0.15) is 0 Å². The van der Waals surface area contributed by atoms with E-state index in [0.29, 0.717) is 16.1 Å². The lowest BCUT2D eigenvalue weighted by molar-refractivity contribution is -0.139. The lowest BCUT2D eigenvalue weighted by Gasteiger charge is -2.13. The average Bonchev–Trinajstić information content (AvgIpc) is 2.46. The van der Waals surface area contributed by atoms with Gasteiger partial charge in [0.25, 0.3) is 0 Å². The minimum absolute atomic E-state index is 0.175. The van der Waals surface area contributed by atoms with Crippen LogP contribution in [0.5, 0.6) is 5.75 Å². The first-order chi connectivity index (χ1) is 10.7. The quantitative estimate of drug-likeness (QED) is 0.798. The zero-order chi connectivity index (χ0) is 17.2. The fourth-order valence-corrected chi connectivity index (χ4v) is 2.91. The molecule has 0 radical (unpaired) electrons. The molecule has 0 bridgehead atoms. The van der Waals surface area contributed by atoms with Crippen LogP contribution >= 0.6 is 11.6 Å². The number of halogens is 1. The van der Waals surface area contributed by atoms with Crippen LogP contribution < -0.4 is 10.5 Å². The predicted molar refractivity (Wildman–Crippen MR) is 87.5 cm³/mol. The number of nitrogens with two attached hydrogens (primary N) is 1. The summed E-state index contributed by atoms with van der Waals surface area (Å²) in [5, 5.41) is 9.01. The monoisotopic (exact) mass is 355 g/mol. The maximum atomic E-state index is 11.5. The SMILES string of the molecule is CS(=O)(=O)c1ccc(-c2c(Cl)ccc(OCC(=O)O)c2N)cc1. The molecule has 8 heteroatoms. The summed E-state index contributed by atoms with van der Waals surface area (Å²) in [4.78, 5) is 10.8. The van der Waals surface area contributed by atoms with Crippen molar-refractivity contribution < 1.29 is 23.1 Å². The van der Waals surface area contributed by atoms with Gasteiger partial charge < -0.3 is 15.6 Å². The van der Waals surface area contributed by atoms with Crippen molar-refractivity contribution in [2.45, 2.75) is 4.90 Å². The summed E-state index contributed by atoms with van der Waals surface area (Å²) in [6.07, 6.45) is 1.11. The van der Waals surface area contributed by atoms with Gasteiger partial charge in [0, 0.05) is 11.8 Å². The Balaban J connectivity index is 2.46. The normalized spacial score (nSPS) is 11.2. The van der Waals surface area contributed by atoms with Crippen LogP contribution in [0.2, 0.25) is 5.02 Å². The Morgan fingerprint density at radius 1 is 1.22 bits per heavy atom. The second-order valence-electron chi connectivity index (χ2n) is 4.81. The van der Waals surface area contributed by atoms with Crippen molar-refractivity contribution in [3.8, 4) is 16.9 Å². The van der Waals surface area contributed by atoms with E-state index in [1.165, 1.54) is 24.3 Å². The van der Waals surface area contributed by atoms with Crippen LogP contribution in [0.1, 0.15) is 0 Å². The zero-order valence-corrected chi connectivity index (χ0v) is 13.7. The molecule has 0 aromatic heterocycles. The molecule has 0 spiro atoms. The molecular weight excluding hydrogens is 342 g/mol. The average molecular weight is 356 g/mol. The molecule has 3 N–H and O–H groups in total. The van der Waals surface area contributed by atoms with E-state index in [9.17, 15) is 13.2 Å². The van der Waals surface area contributed by atoms with Gasteiger partial charge in [0.05, 0.1) is 15.6 Å². The third-order valence-corrected chi connectivity index (χ3v) is 4.52. The second-order valence-corrected chi connectivity index (χ2v) is 7.24. The molecule has 2 aromatic carbocycles. The lowest BCUT2D eigenvalue weighted by atomic mass is 10.0. The summed E-state index contributed by atoms with van der Waals surface area (Å²) in [7, 11) is -3.30. The number of carbonyl (C=O) groups is 1. The summed E-state index contributed by atoms with van der Waals surface area (Å²) >= 11 is 6.16. The number of anilines is 1. The smallest absolute Gasteiger partial charge is 0.341 e. The third kappa shape index (κ3) is 3.94. The lowest BCUT2D eigenvalue weighted by Crippen LogP contribution is -2.10. The van der Waals surface area contributed by atoms with Crippen molar-refractivity contribution in [3.05, 3.63) is 41.4 Å². The van der Waals surface area contributed by atoms with Crippen molar-refractivity contribution >= 4 is 33.1 Å². The van der Waals surface area contributed by atoms with Crippen molar-refractivity contribution in [1.82, 2.24) is 0 Å². The van der Waals surface area contributed by atoms with E-state index < -0.39 is 22.4 Å². The molecule has 0 amide bonds. The van der Waals surface area contributed by atoms with Gasteiger partial charge in [-0.25, -0.2) is 13.2 Å². The summed E-state index contributed by atoms with van der Waals surface area (Å²) < 4.78 is 28.1. The minimum atomic E-state index is -3.30. The van der Waals surface area contributed by atoms with Crippen molar-refractivity contribution in [2.24, 2.45) is 0 Å². The fourth-order valence-electron chi connectivity index (χ4n) is 2.00. The predicted octanol–water partition coefficient (Wildman–Crippen LogP) is 2.46. The van der Waals surface area contributed by atoms with Crippen LogP contribution in [0.15, 0.2) is 41.3 Å². The Kier molecular flexibility index (Phi) is 4.82. The van der Waals surface area contributed by atoms with Gasteiger partial charge in [-0.05, 0) is 29.8 Å². The fraction of sp³-hybridized carbons (Fsp3) is 0.133. The Morgan fingerprint density at radius 2 is 1.83 bits per heavy atom. The standard InChI is InChI=1S/C15H14ClNO5S/c1-23(20,21)10-4-2-9(3-5-10)14-11(16)6-7-12(15(14)17)22-8-13(18)19/h2-7H,8,17H2,1H3,(H,18,19). The Hall–Kier alpha value is -2.25. The number of hydrogen-bond acceptors (Lipinski definition) is 5. The van der Waals surface area contributed by atoms with E-state index in [4.69, 9.17) is 27.2 Å². The van der Waals surface area contributed by atoms with Crippen LogP contribution in [0.4, 0.5) is 5.69 Å². The highest BCUT2D eigenvalue weighted by atomic mass is 35.5. The largest absolute Gasteiger partial charge is 0.480 e. The van der Waals surface area contributed by atoms with Crippen molar-refractivity contribution in [1.29, 1.82) is 0 Å². The molecule has 122 valence electrons. The number of carboxylic acid groups (broad SMARTS) is 1. The van der Waals surface area contributed by atoms with Gasteiger partial charge in [0.15, 0.2) is 16.4 Å². The van der Waals surface area contributed by atoms with Crippen molar-refractivity contribution in [3.63, 3.8) is 0 Å². The summed E-state index contributed by atoms with van der Waals surface area (Å²) in [6, 6.07) is 9.07. The van der Waals surface area contributed by atoms with Crippen LogP contribution in [0, 0.1) is 0 Å².